The molecule has 1 aromatic carbocycles. The number of nitriles is 1. The zero-order chi connectivity index (χ0) is 21.6. The first-order chi connectivity index (χ1) is 15.2. The highest BCUT2D eigenvalue weighted by atomic mass is 19.1. The van der Waals surface area contributed by atoms with Crippen molar-refractivity contribution in [3.63, 3.8) is 0 Å². The molecule has 0 bridgehead atoms. The normalized spacial score (nSPS) is 15.3. The van der Waals surface area contributed by atoms with Crippen molar-refractivity contribution in [2.45, 2.75) is 18.9 Å². The fraction of sp³-hybridized carbons (Fsp3) is 0.273. The van der Waals surface area contributed by atoms with Crippen molar-refractivity contribution in [2.24, 2.45) is 0 Å². The van der Waals surface area contributed by atoms with Gasteiger partial charge in [-0.25, -0.2) is 14.4 Å². The fourth-order valence-corrected chi connectivity index (χ4v) is 3.29. The van der Waals surface area contributed by atoms with E-state index in [0.29, 0.717) is 41.0 Å². The van der Waals surface area contributed by atoms with Crippen LogP contribution in [-0.2, 0) is 0 Å². The van der Waals surface area contributed by atoms with E-state index in [2.05, 4.69) is 31.7 Å². The molecular formula is C22H21FN6O2. The molecule has 1 aliphatic heterocycles. The first kappa shape index (κ1) is 20.5. The molecule has 31 heavy (non-hydrogen) atoms. The second-order valence-electron chi connectivity index (χ2n) is 7.06. The minimum atomic E-state index is -0.580. The van der Waals surface area contributed by atoms with Gasteiger partial charge in [0, 0.05) is 36.6 Å². The Hall–Kier alpha value is -3.77. The van der Waals surface area contributed by atoms with E-state index in [1.807, 2.05) is 0 Å². The minimum absolute atomic E-state index is 0.00167. The highest BCUT2D eigenvalue weighted by Crippen LogP contribution is 2.32. The van der Waals surface area contributed by atoms with Crippen LogP contribution in [0.25, 0.3) is 11.3 Å². The number of nitrogens with one attached hydrogen (secondary N) is 2. The molecule has 0 saturated carbocycles. The van der Waals surface area contributed by atoms with Gasteiger partial charge in [-0.15, -0.1) is 0 Å². The number of rotatable bonds is 7. The predicted molar refractivity (Wildman–Crippen MR) is 113 cm³/mol. The largest absolute Gasteiger partial charge is 0.497 e. The average molecular weight is 420 g/mol. The summed E-state index contributed by atoms with van der Waals surface area (Å²) in [5.41, 5.74) is 1.46. The van der Waals surface area contributed by atoms with E-state index in [1.54, 1.807) is 24.5 Å². The van der Waals surface area contributed by atoms with Crippen molar-refractivity contribution in [1.29, 1.82) is 5.26 Å². The molecule has 2 aromatic heterocycles. The van der Waals surface area contributed by atoms with Crippen molar-refractivity contribution in [3.05, 3.63) is 54.2 Å². The van der Waals surface area contributed by atoms with E-state index in [1.165, 1.54) is 25.4 Å². The minimum Gasteiger partial charge on any atom is -0.497 e. The summed E-state index contributed by atoms with van der Waals surface area (Å²) in [5.74, 6) is 0.329. The number of halogens is 1. The molecule has 0 spiro atoms. The smallest absolute Gasteiger partial charge is 0.263 e. The third kappa shape index (κ3) is 4.87. The highest BCUT2D eigenvalue weighted by Gasteiger charge is 2.18. The number of methoxy groups -OCH3 is 1. The van der Waals surface area contributed by atoms with Crippen molar-refractivity contribution >= 4 is 5.82 Å². The molecule has 3 aromatic rings. The van der Waals surface area contributed by atoms with Crippen LogP contribution in [0.4, 0.5) is 10.2 Å². The van der Waals surface area contributed by atoms with Crippen molar-refractivity contribution in [1.82, 2.24) is 20.3 Å². The van der Waals surface area contributed by atoms with Gasteiger partial charge in [0.1, 0.15) is 11.8 Å². The summed E-state index contributed by atoms with van der Waals surface area (Å²) in [6.07, 6.45) is 6.80. The molecule has 1 fully saturated rings. The van der Waals surface area contributed by atoms with Gasteiger partial charge in [-0.05, 0) is 37.6 Å². The van der Waals surface area contributed by atoms with E-state index in [-0.39, 0.29) is 11.6 Å². The van der Waals surface area contributed by atoms with Crippen LogP contribution in [0.1, 0.15) is 18.4 Å². The van der Waals surface area contributed by atoms with Crippen LogP contribution in [0.15, 0.2) is 42.9 Å². The summed E-state index contributed by atoms with van der Waals surface area (Å²) in [6.45, 7) is 1.63. The zero-order valence-electron chi connectivity index (χ0n) is 16.9. The maximum atomic E-state index is 14.5. The van der Waals surface area contributed by atoms with E-state index in [9.17, 15) is 4.39 Å². The molecule has 0 amide bonds. The quantitative estimate of drug-likeness (QED) is 0.598. The summed E-state index contributed by atoms with van der Waals surface area (Å²) in [5, 5.41) is 15.8. The van der Waals surface area contributed by atoms with Gasteiger partial charge in [-0.1, -0.05) is 0 Å². The lowest BCUT2D eigenvalue weighted by Crippen LogP contribution is -2.29. The van der Waals surface area contributed by atoms with E-state index in [0.717, 1.165) is 19.4 Å². The van der Waals surface area contributed by atoms with Crippen LogP contribution >= 0.6 is 0 Å². The third-order valence-corrected chi connectivity index (χ3v) is 4.93. The number of hydrogen-bond donors (Lipinski definition) is 2. The number of benzene rings is 1. The highest BCUT2D eigenvalue weighted by molar-refractivity contribution is 5.62. The number of nitrogens with zero attached hydrogens (tertiary/aromatic N) is 4. The molecule has 4 rings (SSSR count). The molecule has 1 aliphatic rings. The molecule has 0 aliphatic carbocycles. The van der Waals surface area contributed by atoms with Gasteiger partial charge in [-0.2, -0.15) is 5.26 Å². The number of hydrogen-bond acceptors (Lipinski definition) is 8. The lowest BCUT2D eigenvalue weighted by Gasteiger charge is -2.16. The van der Waals surface area contributed by atoms with Crippen LogP contribution in [0.3, 0.4) is 0 Å². The topological polar surface area (TPSA) is 105 Å². The predicted octanol–water partition coefficient (Wildman–Crippen LogP) is 3.51. The average Bonchev–Trinajstić information content (AvgIpc) is 3.33. The molecule has 0 unspecified atom stereocenters. The Labute approximate surface area is 179 Å². The Bertz CT molecular complexity index is 1110. The third-order valence-electron chi connectivity index (χ3n) is 4.93. The van der Waals surface area contributed by atoms with E-state index < -0.39 is 5.82 Å². The van der Waals surface area contributed by atoms with Gasteiger partial charge in [0.2, 0.25) is 0 Å². The van der Waals surface area contributed by atoms with E-state index in [4.69, 9.17) is 14.7 Å². The molecule has 8 nitrogen and oxygen atoms in total. The van der Waals surface area contributed by atoms with E-state index >= 15 is 0 Å². The second-order valence-corrected chi connectivity index (χ2v) is 7.06. The molecule has 2 N–H and O–H groups in total. The molecule has 0 radical (unpaired) electrons. The molecule has 3 heterocycles. The van der Waals surface area contributed by atoms with Crippen LogP contribution in [0, 0.1) is 17.1 Å². The lowest BCUT2D eigenvalue weighted by molar-refractivity contribution is 0.399. The summed E-state index contributed by atoms with van der Waals surface area (Å²) < 4.78 is 25.3. The number of pyridine rings is 1. The maximum Gasteiger partial charge on any atom is 0.263 e. The first-order valence-corrected chi connectivity index (χ1v) is 9.87. The van der Waals surface area contributed by atoms with Crippen molar-refractivity contribution in [3.8, 4) is 34.7 Å². The van der Waals surface area contributed by atoms with Gasteiger partial charge in [0.25, 0.3) is 5.88 Å². The lowest BCUT2D eigenvalue weighted by atomic mass is 10.2. The van der Waals surface area contributed by atoms with Crippen LogP contribution in [-0.4, -0.2) is 41.2 Å². The molecule has 1 saturated heterocycles. The van der Waals surface area contributed by atoms with Crippen LogP contribution in [0.2, 0.25) is 0 Å². The van der Waals surface area contributed by atoms with Crippen molar-refractivity contribution < 1.29 is 13.9 Å². The summed E-state index contributed by atoms with van der Waals surface area (Å²) >= 11 is 0. The second kappa shape index (κ2) is 9.36. The molecule has 9 heteroatoms. The summed E-state index contributed by atoms with van der Waals surface area (Å²) in [6, 6.07) is 8.35. The van der Waals surface area contributed by atoms with Gasteiger partial charge in [0.05, 0.1) is 24.6 Å². The monoisotopic (exact) mass is 420 g/mol. The van der Waals surface area contributed by atoms with Crippen LogP contribution < -0.4 is 20.1 Å². The molecule has 1 atom stereocenters. The molecule has 158 valence electrons. The number of aromatic nitrogens is 3. The zero-order valence-corrected chi connectivity index (χ0v) is 16.9. The standard InChI is InChI=1S/C22H21FN6O2/c1-30-17-4-5-20(18(23)8-17)31-22-21(27-12-16-3-2-6-26-16)28-13-19(29-22)15-7-14(9-24)10-25-11-15/h4-5,7-8,10-11,13,16,26H,2-3,6,12H2,1H3,(H,27,28)/t16-/m0/s1. The Balaban J connectivity index is 1.66. The Morgan fingerprint density at radius 2 is 2.19 bits per heavy atom. The first-order valence-electron chi connectivity index (χ1n) is 9.87. The number of ether oxygens (including phenoxy) is 2. The summed E-state index contributed by atoms with van der Waals surface area (Å²) in [4.78, 5) is 13.0. The Morgan fingerprint density at radius 1 is 1.29 bits per heavy atom. The summed E-state index contributed by atoms with van der Waals surface area (Å²) in [7, 11) is 1.47. The van der Waals surface area contributed by atoms with Gasteiger partial charge in [0.15, 0.2) is 17.4 Å². The Kier molecular flexibility index (Phi) is 6.19. The molecular weight excluding hydrogens is 399 g/mol. The van der Waals surface area contributed by atoms with Gasteiger partial charge in [-0.3, -0.25) is 4.98 Å². The fourth-order valence-electron chi connectivity index (χ4n) is 3.29. The number of anilines is 1. The van der Waals surface area contributed by atoms with Gasteiger partial charge >= 0.3 is 0 Å². The van der Waals surface area contributed by atoms with Crippen LogP contribution in [0.5, 0.6) is 17.4 Å². The maximum absolute atomic E-state index is 14.5. The Morgan fingerprint density at radius 3 is 2.94 bits per heavy atom. The van der Waals surface area contributed by atoms with Gasteiger partial charge < -0.3 is 20.1 Å². The van der Waals surface area contributed by atoms with Crippen molar-refractivity contribution in [2.75, 3.05) is 25.5 Å². The SMILES string of the molecule is COc1ccc(Oc2nc(-c3cncc(C#N)c3)cnc2NC[C@@H]2CCCN2)c(F)c1.